The second kappa shape index (κ2) is 6.64. The summed E-state index contributed by atoms with van der Waals surface area (Å²) in [5, 5.41) is 5.37. The Kier molecular flexibility index (Phi) is 5.17. The van der Waals surface area contributed by atoms with Crippen LogP contribution in [0.3, 0.4) is 0 Å². The highest BCUT2D eigenvalue weighted by Crippen LogP contribution is 2.17. The molecule has 2 N–H and O–H groups in total. The number of hydrogen-bond acceptors (Lipinski definition) is 3. The minimum Gasteiger partial charge on any atom is -0.484 e. The number of nitrogens with one attached hydrogen (secondary N) is 2. The molecule has 0 aliphatic carbocycles. The van der Waals surface area contributed by atoms with E-state index in [0.717, 1.165) is 0 Å². The summed E-state index contributed by atoms with van der Waals surface area (Å²) in [6.07, 6.45) is 0. The number of benzene rings is 1. The van der Waals surface area contributed by atoms with Gasteiger partial charge in [-0.2, -0.15) is 0 Å². The van der Waals surface area contributed by atoms with Crippen LogP contribution in [0.25, 0.3) is 0 Å². The van der Waals surface area contributed by atoms with Crippen LogP contribution in [0.1, 0.15) is 20.8 Å². The van der Waals surface area contributed by atoms with Crippen molar-refractivity contribution in [3.8, 4) is 5.75 Å². The van der Waals surface area contributed by atoms with Gasteiger partial charge in [-0.1, -0.05) is 6.07 Å². The van der Waals surface area contributed by atoms with Crippen molar-refractivity contribution in [2.24, 2.45) is 0 Å². The third-order valence-electron chi connectivity index (χ3n) is 1.97. The van der Waals surface area contributed by atoms with Gasteiger partial charge in [-0.3, -0.25) is 9.59 Å². The molecule has 0 aliphatic rings. The van der Waals surface area contributed by atoms with Gasteiger partial charge in [-0.15, -0.1) is 0 Å². The topological polar surface area (TPSA) is 67.4 Å². The summed E-state index contributed by atoms with van der Waals surface area (Å²) in [4.78, 5) is 22.3. The highest BCUT2D eigenvalue weighted by atomic mass is 16.5. The second-order valence-corrected chi connectivity index (χ2v) is 4.22. The Balaban J connectivity index is 2.52. The largest absolute Gasteiger partial charge is 0.484 e. The lowest BCUT2D eigenvalue weighted by atomic mass is 10.3. The van der Waals surface area contributed by atoms with Crippen LogP contribution in [0.15, 0.2) is 24.3 Å². The number of amides is 2. The monoisotopic (exact) mass is 250 g/mol. The van der Waals surface area contributed by atoms with Crippen LogP contribution < -0.4 is 15.4 Å². The molecule has 18 heavy (non-hydrogen) atoms. The zero-order valence-electron chi connectivity index (χ0n) is 10.8. The van der Waals surface area contributed by atoms with Crippen LogP contribution in [0.2, 0.25) is 0 Å². The molecule has 0 aromatic heterocycles. The Bertz CT molecular complexity index is 430. The summed E-state index contributed by atoms with van der Waals surface area (Å²) in [5.41, 5.74) is 0.643. The number of carbonyl (C=O) groups excluding carboxylic acids is 2. The fourth-order valence-corrected chi connectivity index (χ4v) is 1.38. The Morgan fingerprint density at radius 2 is 2.06 bits per heavy atom. The Morgan fingerprint density at radius 3 is 2.67 bits per heavy atom. The first-order chi connectivity index (χ1) is 8.47. The minimum atomic E-state index is -0.171. The van der Waals surface area contributed by atoms with Crippen molar-refractivity contribution in [3.63, 3.8) is 0 Å². The van der Waals surface area contributed by atoms with Crippen LogP contribution >= 0.6 is 0 Å². The first-order valence-electron chi connectivity index (χ1n) is 5.77. The van der Waals surface area contributed by atoms with Gasteiger partial charge in [0.1, 0.15) is 5.75 Å². The van der Waals surface area contributed by atoms with Crippen molar-refractivity contribution in [1.29, 1.82) is 0 Å². The summed E-state index contributed by atoms with van der Waals surface area (Å²) in [6, 6.07) is 6.99. The number of anilines is 1. The zero-order valence-corrected chi connectivity index (χ0v) is 10.8. The lowest BCUT2D eigenvalue weighted by Crippen LogP contribution is -2.34. The van der Waals surface area contributed by atoms with Gasteiger partial charge in [0, 0.05) is 24.7 Å². The molecule has 0 radical (unpaired) electrons. The van der Waals surface area contributed by atoms with Crippen molar-refractivity contribution >= 4 is 17.5 Å². The van der Waals surface area contributed by atoms with E-state index in [-0.39, 0.29) is 24.5 Å². The number of ether oxygens (including phenoxy) is 1. The lowest BCUT2D eigenvalue weighted by molar-refractivity contribution is -0.123. The van der Waals surface area contributed by atoms with E-state index >= 15 is 0 Å². The van der Waals surface area contributed by atoms with Crippen molar-refractivity contribution in [2.75, 3.05) is 11.9 Å². The van der Waals surface area contributed by atoms with E-state index in [1.165, 1.54) is 6.92 Å². The van der Waals surface area contributed by atoms with E-state index < -0.39 is 0 Å². The molecule has 0 fully saturated rings. The van der Waals surface area contributed by atoms with Gasteiger partial charge in [0.2, 0.25) is 5.91 Å². The molecule has 2 amide bonds. The van der Waals surface area contributed by atoms with Gasteiger partial charge >= 0.3 is 0 Å². The van der Waals surface area contributed by atoms with E-state index in [2.05, 4.69) is 10.6 Å². The summed E-state index contributed by atoms with van der Waals surface area (Å²) < 4.78 is 5.33. The maximum absolute atomic E-state index is 11.4. The van der Waals surface area contributed by atoms with Crippen LogP contribution in [-0.2, 0) is 9.59 Å². The van der Waals surface area contributed by atoms with Gasteiger partial charge in [0.15, 0.2) is 6.61 Å². The molecule has 1 rings (SSSR count). The van der Waals surface area contributed by atoms with Crippen molar-refractivity contribution in [3.05, 3.63) is 24.3 Å². The maximum Gasteiger partial charge on any atom is 0.258 e. The Morgan fingerprint density at radius 1 is 1.33 bits per heavy atom. The maximum atomic E-state index is 11.4. The van der Waals surface area contributed by atoms with Crippen molar-refractivity contribution in [2.45, 2.75) is 26.8 Å². The summed E-state index contributed by atoms with van der Waals surface area (Å²) >= 11 is 0. The predicted octanol–water partition coefficient (Wildman–Crippen LogP) is 1.55. The number of carbonyl (C=O) groups is 2. The molecule has 0 saturated carbocycles. The molecule has 0 aliphatic heterocycles. The summed E-state index contributed by atoms with van der Waals surface area (Å²) in [7, 11) is 0. The van der Waals surface area contributed by atoms with Crippen LogP contribution in [0.5, 0.6) is 5.75 Å². The fraction of sp³-hybridized carbons (Fsp3) is 0.385. The number of hydrogen-bond donors (Lipinski definition) is 2. The molecule has 5 nitrogen and oxygen atoms in total. The lowest BCUT2D eigenvalue weighted by Gasteiger charge is -2.10. The normalized spacial score (nSPS) is 10.0. The van der Waals surface area contributed by atoms with Gasteiger partial charge < -0.3 is 15.4 Å². The molecule has 98 valence electrons. The minimum absolute atomic E-state index is 0.0400. The highest BCUT2D eigenvalue weighted by Gasteiger charge is 2.04. The molecule has 0 heterocycles. The molecule has 0 spiro atoms. The molecule has 1 aromatic rings. The average Bonchev–Trinajstić information content (AvgIpc) is 2.25. The van der Waals surface area contributed by atoms with Crippen LogP contribution in [0, 0.1) is 0 Å². The average molecular weight is 250 g/mol. The highest BCUT2D eigenvalue weighted by molar-refractivity contribution is 5.88. The van der Waals surface area contributed by atoms with Gasteiger partial charge in [-0.05, 0) is 26.0 Å². The molecule has 1 aromatic carbocycles. The second-order valence-electron chi connectivity index (χ2n) is 4.22. The fourth-order valence-electron chi connectivity index (χ4n) is 1.38. The quantitative estimate of drug-likeness (QED) is 0.833. The van der Waals surface area contributed by atoms with Crippen molar-refractivity contribution < 1.29 is 14.3 Å². The van der Waals surface area contributed by atoms with E-state index in [4.69, 9.17) is 4.74 Å². The molecular weight excluding hydrogens is 232 g/mol. The molecular formula is C13H18N2O3. The van der Waals surface area contributed by atoms with E-state index in [1.54, 1.807) is 24.3 Å². The van der Waals surface area contributed by atoms with E-state index in [9.17, 15) is 9.59 Å². The number of rotatable bonds is 5. The third kappa shape index (κ3) is 5.34. The molecule has 0 bridgehead atoms. The van der Waals surface area contributed by atoms with Gasteiger partial charge in [-0.25, -0.2) is 0 Å². The predicted molar refractivity (Wildman–Crippen MR) is 69.5 cm³/mol. The first kappa shape index (κ1) is 14.0. The van der Waals surface area contributed by atoms with Crippen LogP contribution in [0.4, 0.5) is 5.69 Å². The molecule has 0 atom stereocenters. The first-order valence-corrected chi connectivity index (χ1v) is 5.77. The molecule has 0 saturated heterocycles. The standard InChI is InChI=1S/C13H18N2O3/c1-9(2)14-13(17)8-18-12-6-4-5-11(7-12)15-10(3)16/h4-7,9H,8H2,1-3H3,(H,14,17)(H,15,16). The van der Waals surface area contributed by atoms with E-state index in [1.807, 2.05) is 13.8 Å². The third-order valence-corrected chi connectivity index (χ3v) is 1.97. The van der Waals surface area contributed by atoms with Gasteiger partial charge in [0.25, 0.3) is 5.91 Å². The SMILES string of the molecule is CC(=O)Nc1cccc(OCC(=O)NC(C)C)c1. The van der Waals surface area contributed by atoms with E-state index in [0.29, 0.717) is 11.4 Å². The van der Waals surface area contributed by atoms with Crippen LogP contribution in [-0.4, -0.2) is 24.5 Å². The molecule has 5 heteroatoms. The Hall–Kier alpha value is -2.04. The summed E-state index contributed by atoms with van der Waals surface area (Å²) in [6.45, 7) is 5.16. The smallest absolute Gasteiger partial charge is 0.258 e. The summed E-state index contributed by atoms with van der Waals surface area (Å²) in [5.74, 6) is 0.222. The van der Waals surface area contributed by atoms with Gasteiger partial charge in [0.05, 0.1) is 0 Å². The Labute approximate surface area is 107 Å². The zero-order chi connectivity index (χ0) is 13.5. The molecule has 0 unspecified atom stereocenters. The van der Waals surface area contributed by atoms with Crippen molar-refractivity contribution in [1.82, 2.24) is 5.32 Å².